The Kier molecular flexibility index (Phi) is 4.28. The number of carboxylic acid groups (broad SMARTS) is 1. The molecule has 0 atom stereocenters. The summed E-state index contributed by atoms with van der Waals surface area (Å²) in [7, 11) is 0. The van der Waals surface area contributed by atoms with Gasteiger partial charge in [-0.2, -0.15) is 0 Å². The van der Waals surface area contributed by atoms with Crippen LogP contribution >= 0.6 is 0 Å². The summed E-state index contributed by atoms with van der Waals surface area (Å²) in [5.74, 6) is 0.169. The lowest BCUT2D eigenvalue weighted by Gasteiger charge is -1.85. The van der Waals surface area contributed by atoms with E-state index in [1.54, 1.807) is 32.0 Å². The molecule has 2 aromatic rings. The van der Waals surface area contributed by atoms with Crippen molar-refractivity contribution < 1.29 is 23.5 Å². The minimum Gasteiger partial charge on any atom is -0.475 e. The van der Waals surface area contributed by atoms with E-state index in [9.17, 15) is 9.59 Å². The van der Waals surface area contributed by atoms with E-state index in [1.165, 1.54) is 6.26 Å². The lowest BCUT2D eigenvalue weighted by atomic mass is 10.3. The van der Waals surface area contributed by atoms with Gasteiger partial charge in [0.25, 0.3) is 0 Å². The standard InChI is InChI=1S/C6H6O3.C6H6O2/c1-4-2-3-9-5(4)6(7)8;1-5-2-3-6(4-7)8-5/h2-3H,1H3,(H,7,8);2-4H,1H3. The third-order valence-electron chi connectivity index (χ3n) is 1.93. The number of aldehydes is 1. The molecule has 2 heterocycles. The van der Waals surface area contributed by atoms with Gasteiger partial charge in [-0.1, -0.05) is 0 Å². The summed E-state index contributed by atoms with van der Waals surface area (Å²) in [4.78, 5) is 20.1. The van der Waals surface area contributed by atoms with Gasteiger partial charge < -0.3 is 13.9 Å². The molecule has 2 aromatic heterocycles. The van der Waals surface area contributed by atoms with E-state index < -0.39 is 5.97 Å². The molecular weight excluding hydrogens is 224 g/mol. The van der Waals surface area contributed by atoms with Crippen LogP contribution in [0, 0.1) is 13.8 Å². The summed E-state index contributed by atoms with van der Waals surface area (Å²) in [5.41, 5.74) is 0.655. The van der Waals surface area contributed by atoms with Gasteiger partial charge in [0, 0.05) is 5.56 Å². The highest BCUT2D eigenvalue weighted by Crippen LogP contribution is 2.07. The van der Waals surface area contributed by atoms with Gasteiger partial charge in [-0.15, -0.1) is 0 Å². The zero-order valence-corrected chi connectivity index (χ0v) is 9.47. The quantitative estimate of drug-likeness (QED) is 0.810. The van der Waals surface area contributed by atoms with Gasteiger partial charge in [-0.3, -0.25) is 4.79 Å². The van der Waals surface area contributed by atoms with Crippen molar-refractivity contribution in [1.82, 2.24) is 0 Å². The summed E-state index contributed by atoms with van der Waals surface area (Å²) in [6, 6.07) is 5.01. The average Bonchev–Trinajstić information content (AvgIpc) is 2.87. The van der Waals surface area contributed by atoms with Crippen molar-refractivity contribution in [2.24, 2.45) is 0 Å². The number of carbonyl (C=O) groups is 2. The summed E-state index contributed by atoms with van der Waals surface area (Å²) in [6.45, 7) is 3.49. The van der Waals surface area contributed by atoms with E-state index in [0.29, 0.717) is 17.6 Å². The number of rotatable bonds is 2. The van der Waals surface area contributed by atoms with Gasteiger partial charge >= 0.3 is 5.97 Å². The van der Waals surface area contributed by atoms with E-state index in [4.69, 9.17) is 9.52 Å². The van der Waals surface area contributed by atoms with Crippen molar-refractivity contribution in [3.8, 4) is 0 Å². The minimum absolute atomic E-state index is 0.0231. The Bertz CT molecular complexity index is 506. The Labute approximate surface area is 97.7 Å². The molecule has 0 radical (unpaired) electrons. The van der Waals surface area contributed by atoms with Crippen LogP contribution in [-0.2, 0) is 0 Å². The predicted octanol–water partition coefficient (Wildman–Crippen LogP) is 2.69. The maximum atomic E-state index is 10.2. The van der Waals surface area contributed by atoms with Gasteiger partial charge in [-0.05, 0) is 32.0 Å². The van der Waals surface area contributed by atoms with Crippen LogP contribution in [0.15, 0.2) is 33.3 Å². The largest absolute Gasteiger partial charge is 0.475 e. The van der Waals surface area contributed by atoms with Gasteiger partial charge in [-0.25, -0.2) is 4.79 Å². The Morgan fingerprint density at radius 2 is 2.00 bits per heavy atom. The number of aromatic carboxylic acids is 1. The molecule has 0 aliphatic rings. The first-order valence-electron chi connectivity index (χ1n) is 4.83. The highest BCUT2D eigenvalue weighted by atomic mass is 16.4. The molecule has 17 heavy (non-hydrogen) atoms. The average molecular weight is 236 g/mol. The van der Waals surface area contributed by atoms with Crippen LogP contribution in [0.3, 0.4) is 0 Å². The van der Waals surface area contributed by atoms with Crippen LogP contribution in [0.2, 0.25) is 0 Å². The number of furan rings is 2. The molecule has 5 nitrogen and oxygen atoms in total. The van der Waals surface area contributed by atoms with Crippen molar-refractivity contribution >= 4 is 12.3 Å². The smallest absolute Gasteiger partial charge is 0.372 e. The fraction of sp³-hybridized carbons (Fsp3) is 0.167. The molecular formula is C12H12O5. The minimum atomic E-state index is -1.02. The maximum Gasteiger partial charge on any atom is 0.372 e. The molecule has 90 valence electrons. The number of carboxylic acids is 1. The predicted molar refractivity (Wildman–Crippen MR) is 59.2 cm³/mol. The summed E-state index contributed by atoms with van der Waals surface area (Å²) in [5, 5.41) is 8.36. The topological polar surface area (TPSA) is 80.7 Å². The van der Waals surface area contributed by atoms with E-state index in [0.717, 1.165) is 5.76 Å². The molecule has 1 N–H and O–H groups in total. The van der Waals surface area contributed by atoms with Crippen LogP contribution in [-0.4, -0.2) is 17.4 Å². The second-order valence-electron chi connectivity index (χ2n) is 3.30. The third-order valence-corrected chi connectivity index (χ3v) is 1.93. The Morgan fingerprint density at radius 1 is 1.29 bits per heavy atom. The fourth-order valence-corrected chi connectivity index (χ4v) is 1.11. The molecule has 0 amide bonds. The van der Waals surface area contributed by atoms with Crippen molar-refractivity contribution in [1.29, 1.82) is 0 Å². The number of carbonyl (C=O) groups excluding carboxylic acids is 1. The van der Waals surface area contributed by atoms with Gasteiger partial charge in [0.2, 0.25) is 5.76 Å². The van der Waals surface area contributed by atoms with Crippen LogP contribution in [0.5, 0.6) is 0 Å². The van der Waals surface area contributed by atoms with Gasteiger partial charge in [0.15, 0.2) is 12.0 Å². The lowest BCUT2D eigenvalue weighted by Crippen LogP contribution is -1.94. The van der Waals surface area contributed by atoms with E-state index >= 15 is 0 Å². The van der Waals surface area contributed by atoms with E-state index in [1.807, 2.05) is 0 Å². The van der Waals surface area contributed by atoms with E-state index in [2.05, 4.69) is 4.42 Å². The zero-order chi connectivity index (χ0) is 12.8. The summed E-state index contributed by atoms with van der Waals surface area (Å²) < 4.78 is 9.49. The van der Waals surface area contributed by atoms with Crippen molar-refractivity contribution in [2.45, 2.75) is 13.8 Å². The molecule has 0 aromatic carbocycles. The van der Waals surface area contributed by atoms with Crippen molar-refractivity contribution in [3.63, 3.8) is 0 Å². The van der Waals surface area contributed by atoms with Crippen LogP contribution < -0.4 is 0 Å². The monoisotopic (exact) mass is 236 g/mol. The van der Waals surface area contributed by atoms with Gasteiger partial charge in [0.05, 0.1) is 6.26 Å². The van der Waals surface area contributed by atoms with Crippen molar-refractivity contribution in [2.75, 3.05) is 0 Å². The molecule has 0 aliphatic heterocycles. The number of aryl methyl sites for hydroxylation is 2. The highest BCUT2D eigenvalue weighted by Gasteiger charge is 2.08. The molecule has 0 aliphatic carbocycles. The first-order valence-corrected chi connectivity index (χ1v) is 4.83. The molecule has 0 spiro atoms. The highest BCUT2D eigenvalue weighted by molar-refractivity contribution is 5.85. The molecule has 2 rings (SSSR count). The maximum absolute atomic E-state index is 10.2. The summed E-state index contributed by atoms with van der Waals surface area (Å²) in [6.07, 6.45) is 2.05. The Morgan fingerprint density at radius 3 is 2.24 bits per heavy atom. The molecule has 0 unspecified atom stereocenters. The van der Waals surface area contributed by atoms with Crippen LogP contribution in [0.25, 0.3) is 0 Å². The SMILES string of the molecule is Cc1ccc(C=O)o1.Cc1ccoc1C(=O)O. The van der Waals surface area contributed by atoms with E-state index in [-0.39, 0.29) is 5.76 Å². The van der Waals surface area contributed by atoms with Crippen molar-refractivity contribution in [3.05, 3.63) is 47.3 Å². The first-order chi connectivity index (χ1) is 8.04. The van der Waals surface area contributed by atoms with Crippen LogP contribution in [0.4, 0.5) is 0 Å². The third kappa shape index (κ3) is 3.64. The number of hydrogen-bond acceptors (Lipinski definition) is 4. The number of hydrogen-bond donors (Lipinski definition) is 1. The second-order valence-corrected chi connectivity index (χ2v) is 3.30. The second kappa shape index (κ2) is 5.69. The van der Waals surface area contributed by atoms with Gasteiger partial charge in [0.1, 0.15) is 5.76 Å². The Hall–Kier alpha value is -2.30. The van der Waals surface area contributed by atoms with Crippen LogP contribution in [0.1, 0.15) is 32.4 Å². The molecule has 0 bridgehead atoms. The normalized spacial score (nSPS) is 9.29. The first kappa shape index (κ1) is 12.8. The molecule has 5 heteroatoms. The lowest BCUT2D eigenvalue weighted by molar-refractivity contribution is 0.0661. The summed E-state index contributed by atoms with van der Waals surface area (Å²) >= 11 is 0. The molecule has 0 saturated carbocycles. The fourth-order valence-electron chi connectivity index (χ4n) is 1.11. The molecule has 0 fully saturated rings. The zero-order valence-electron chi connectivity index (χ0n) is 9.47. The Balaban J connectivity index is 0.000000171. The molecule has 0 saturated heterocycles.